The summed E-state index contributed by atoms with van der Waals surface area (Å²) in [5.41, 5.74) is -1.13. The number of pyridine rings is 2. The molecule has 1 N–H and O–H groups in total. The second-order valence-corrected chi connectivity index (χ2v) is 18.7. The smallest absolute Gasteiger partial charge is 0.416 e. The molecule has 54 heavy (non-hydrogen) atoms. The Balaban J connectivity index is 1.72. The van der Waals surface area contributed by atoms with Gasteiger partial charge < -0.3 is 5.11 Å². The fourth-order valence-corrected chi connectivity index (χ4v) is 7.50. The van der Waals surface area contributed by atoms with Gasteiger partial charge in [0.2, 0.25) is 30.0 Å². The minimum absolute atomic E-state index is 0.00520. The number of fused-ring (bicyclic) bond motifs is 2. The minimum atomic E-state index is -3.87. The van der Waals surface area contributed by atoms with E-state index < -0.39 is 58.0 Å². The van der Waals surface area contributed by atoms with Gasteiger partial charge in [0, 0.05) is 58.9 Å². The van der Waals surface area contributed by atoms with Crippen molar-refractivity contribution in [1.82, 2.24) is 29.1 Å². The fourth-order valence-electron chi connectivity index (χ4n) is 6.50. The molecule has 0 fully saturated rings. The number of carboxylic acid groups (broad SMARTS) is 1. The maximum Gasteiger partial charge on any atom is 0.416 e. The molecule has 1 amide bonds. The maximum atomic E-state index is 13.7. The summed E-state index contributed by atoms with van der Waals surface area (Å²) in [5, 5.41) is 10.9. The topological polar surface area (TPSA) is 204 Å². The Morgan fingerprint density at radius 1 is 0.630 bits per heavy atom. The van der Waals surface area contributed by atoms with Crippen molar-refractivity contribution >= 4 is 59.2 Å². The number of sulfone groups is 2. The summed E-state index contributed by atoms with van der Waals surface area (Å²) < 4.78 is 52.4. The quantitative estimate of drug-likeness (QED) is 0.220. The molecule has 0 unspecified atom stereocenters. The van der Waals surface area contributed by atoms with Gasteiger partial charge in [-0.1, -0.05) is 53.7 Å². The number of aromatic nitrogens is 6. The average Bonchev–Trinajstić information content (AvgIpc) is 3.05. The van der Waals surface area contributed by atoms with Crippen LogP contribution < -0.4 is 16.0 Å². The van der Waals surface area contributed by atoms with E-state index in [4.69, 9.17) is 0 Å². The van der Waals surface area contributed by atoms with E-state index in [0.29, 0.717) is 21.9 Å². The molecule has 6 aromatic rings. The van der Waals surface area contributed by atoms with Crippen LogP contribution in [-0.4, -0.2) is 69.6 Å². The zero-order valence-corrected chi connectivity index (χ0v) is 32.3. The van der Waals surface area contributed by atoms with Gasteiger partial charge in [-0.25, -0.2) is 36.5 Å². The van der Waals surface area contributed by atoms with E-state index in [-0.39, 0.29) is 34.0 Å². The molecule has 0 atom stereocenters. The van der Waals surface area contributed by atoms with Crippen molar-refractivity contribution in [3.05, 3.63) is 105 Å². The van der Waals surface area contributed by atoms with E-state index in [1.54, 1.807) is 36.4 Å². The minimum Gasteiger partial charge on any atom is -0.464 e. The molecule has 6 rings (SSSR count). The zero-order chi connectivity index (χ0) is 39.7. The number of carbonyl (C=O) groups is 1. The Morgan fingerprint density at radius 3 is 1.31 bits per heavy atom. The van der Waals surface area contributed by atoms with Crippen molar-refractivity contribution in [2.45, 2.75) is 62.7 Å². The highest BCUT2D eigenvalue weighted by atomic mass is 32.2. The first-order chi connectivity index (χ1) is 25.0. The zero-order valence-electron chi connectivity index (χ0n) is 30.7. The monoisotopic (exact) mass is 771 g/mol. The molecular weight excluding hydrogens is 735 g/mol. The third-order valence-corrected chi connectivity index (χ3v) is 10.3. The van der Waals surface area contributed by atoms with Gasteiger partial charge in [-0.2, -0.15) is 9.97 Å². The summed E-state index contributed by atoms with van der Waals surface area (Å²) >= 11 is 0. The molecule has 17 heteroatoms. The molecule has 0 saturated heterocycles. The van der Waals surface area contributed by atoms with Crippen LogP contribution in [0.4, 0.5) is 16.2 Å². The van der Waals surface area contributed by atoms with Gasteiger partial charge in [0.25, 0.3) is 11.1 Å². The summed E-state index contributed by atoms with van der Waals surface area (Å²) in [6.07, 6.45) is 3.13. The predicted octanol–water partition coefficient (Wildman–Crippen LogP) is 5.09. The fraction of sp³-hybridized carbons (Fsp3) is 0.270. The first-order valence-corrected chi connectivity index (χ1v) is 20.3. The lowest BCUT2D eigenvalue weighted by Gasteiger charge is -2.35. The Labute approximate surface area is 310 Å². The Kier molecular flexibility index (Phi) is 9.09. The van der Waals surface area contributed by atoms with Gasteiger partial charge in [-0.15, -0.1) is 0 Å². The summed E-state index contributed by atoms with van der Waals surface area (Å²) in [4.78, 5) is 58.6. The van der Waals surface area contributed by atoms with Crippen LogP contribution in [-0.2, 0) is 30.5 Å². The summed E-state index contributed by atoms with van der Waals surface area (Å²) in [6, 6.07) is 15.2. The molecular formula is C37H37N7O8S2. The Morgan fingerprint density at radius 2 is 1.00 bits per heavy atom. The van der Waals surface area contributed by atoms with Crippen molar-refractivity contribution in [2.75, 3.05) is 17.4 Å². The molecule has 0 aliphatic rings. The highest BCUT2D eigenvalue weighted by molar-refractivity contribution is 7.90. The lowest BCUT2D eigenvalue weighted by Crippen LogP contribution is -2.33. The van der Waals surface area contributed by atoms with E-state index in [9.17, 15) is 36.3 Å². The lowest BCUT2D eigenvalue weighted by molar-refractivity contribution is 0.204. The van der Waals surface area contributed by atoms with Gasteiger partial charge in [-0.05, 0) is 47.2 Å². The molecule has 0 radical (unpaired) electrons. The largest absolute Gasteiger partial charge is 0.464 e. The number of nitrogens with zero attached hydrogens (tertiary/aromatic N) is 7. The summed E-state index contributed by atoms with van der Waals surface area (Å²) in [5.74, 6) is 0. The summed E-state index contributed by atoms with van der Waals surface area (Å²) in [7, 11) is -7.74. The van der Waals surface area contributed by atoms with Gasteiger partial charge in [0.1, 0.15) is 0 Å². The number of benzene rings is 2. The number of hydrogen-bond donors (Lipinski definition) is 1. The highest BCUT2D eigenvalue weighted by Gasteiger charge is 2.34. The van der Waals surface area contributed by atoms with E-state index in [0.717, 1.165) is 17.4 Å². The standard InChI is InChI=1S/C37H37N7O8S2/c1-36(2,3)29-23(11-9-13-25(29)43-27(45)17-15-21-19-38-33(40-31(21)43)53(7,49)50)42(35(47)48)24-12-10-14-26(30(24)37(4,5)6)44-28(46)18-16-22-20-39-34(41-32(22)44)54(8,51)52/h9-20H,1-8H3,(H,47,48). The Hall–Kier alpha value is -5.81. The molecule has 0 saturated carbocycles. The number of anilines is 2. The predicted molar refractivity (Wildman–Crippen MR) is 204 cm³/mol. The van der Waals surface area contributed by atoms with Crippen molar-refractivity contribution in [3.8, 4) is 11.4 Å². The Bertz CT molecular complexity index is 2700. The van der Waals surface area contributed by atoms with Crippen LogP contribution in [0.3, 0.4) is 0 Å². The van der Waals surface area contributed by atoms with E-state index >= 15 is 0 Å². The number of rotatable bonds is 6. The molecule has 4 aromatic heterocycles. The molecule has 0 aliphatic heterocycles. The molecule has 280 valence electrons. The van der Waals surface area contributed by atoms with E-state index in [2.05, 4.69) is 19.9 Å². The molecule has 0 bridgehead atoms. The average molecular weight is 772 g/mol. The first-order valence-electron chi connectivity index (χ1n) is 16.5. The van der Waals surface area contributed by atoms with Crippen LogP contribution in [0.25, 0.3) is 33.4 Å². The summed E-state index contributed by atoms with van der Waals surface area (Å²) in [6.45, 7) is 11.1. The maximum absolute atomic E-state index is 13.7. The molecule has 15 nitrogen and oxygen atoms in total. The third kappa shape index (κ3) is 6.75. The van der Waals surface area contributed by atoms with E-state index in [1.165, 1.54) is 45.8 Å². The third-order valence-electron chi connectivity index (χ3n) is 8.58. The normalized spacial score (nSPS) is 12.7. The SMILES string of the molecule is CC(C)(C)c1c(N(C(=O)O)c2cccc(-n3c(=O)ccc4cnc(S(C)(=O)=O)nc43)c2C(C)(C)C)cccc1-n1c(=O)ccc2cnc(S(C)(=O)=O)nc21. The van der Waals surface area contributed by atoms with Crippen molar-refractivity contribution in [2.24, 2.45) is 0 Å². The highest BCUT2D eigenvalue weighted by Crippen LogP contribution is 2.44. The lowest BCUT2D eigenvalue weighted by atomic mass is 9.82. The van der Waals surface area contributed by atoms with Crippen LogP contribution in [0.1, 0.15) is 52.7 Å². The molecule has 4 heterocycles. The molecule has 0 spiro atoms. The van der Waals surface area contributed by atoms with Gasteiger partial charge in [0.15, 0.2) is 11.3 Å². The van der Waals surface area contributed by atoms with Gasteiger partial charge in [-0.3, -0.25) is 18.7 Å². The van der Waals surface area contributed by atoms with Crippen LogP contribution >= 0.6 is 0 Å². The van der Waals surface area contributed by atoms with Gasteiger partial charge >= 0.3 is 6.09 Å². The van der Waals surface area contributed by atoms with Crippen LogP contribution in [0.2, 0.25) is 0 Å². The number of amides is 1. The second-order valence-electron chi connectivity index (χ2n) is 14.9. The first kappa shape index (κ1) is 37.9. The van der Waals surface area contributed by atoms with Crippen LogP contribution in [0.5, 0.6) is 0 Å². The van der Waals surface area contributed by atoms with E-state index in [1.807, 2.05) is 41.5 Å². The second kappa shape index (κ2) is 12.9. The van der Waals surface area contributed by atoms with Crippen LogP contribution in [0.15, 0.2) is 93.0 Å². The van der Waals surface area contributed by atoms with Crippen molar-refractivity contribution < 1.29 is 26.7 Å². The van der Waals surface area contributed by atoms with Crippen molar-refractivity contribution in [1.29, 1.82) is 0 Å². The molecule has 0 aliphatic carbocycles. The van der Waals surface area contributed by atoms with Gasteiger partial charge in [0.05, 0.1) is 22.7 Å². The van der Waals surface area contributed by atoms with Crippen molar-refractivity contribution in [3.63, 3.8) is 0 Å². The van der Waals surface area contributed by atoms with Crippen LogP contribution in [0, 0.1) is 0 Å². The molecule has 2 aromatic carbocycles. The number of hydrogen-bond acceptors (Lipinski definition) is 11.